The van der Waals surface area contributed by atoms with Crippen molar-refractivity contribution in [2.45, 2.75) is 47.0 Å². The molecule has 0 aromatic heterocycles. The summed E-state index contributed by atoms with van der Waals surface area (Å²) >= 11 is 0. The Morgan fingerprint density at radius 3 is 2.14 bits per heavy atom. The minimum Gasteiger partial charge on any atom is -0.381 e. The maximum absolute atomic E-state index is 9.08. The average molecular weight is 197 g/mol. The second-order valence-electron chi connectivity index (χ2n) is 4.10. The fourth-order valence-electron chi connectivity index (χ4n) is 1.91. The molecule has 0 atom stereocenters. The number of ether oxygens (including phenoxy) is 1. The summed E-state index contributed by atoms with van der Waals surface area (Å²) in [5, 5.41) is 9.08. The summed E-state index contributed by atoms with van der Waals surface area (Å²) in [5.41, 5.74) is -0.0770. The van der Waals surface area contributed by atoms with Gasteiger partial charge in [-0.3, -0.25) is 0 Å². The SMILES string of the molecule is CC.CC(C)CC1(C#N)CCOCC1. The molecule has 1 aliphatic heterocycles. The highest BCUT2D eigenvalue weighted by atomic mass is 16.5. The third-order valence-corrected chi connectivity index (χ3v) is 2.49. The summed E-state index contributed by atoms with van der Waals surface area (Å²) in [5.74, 6) is 0.614. The lowest BCUT2D eigenvalue weighted by Gasteiger charge is -2.31. The zero-order valence-electron chi connectivity index (χ0n) is 9.97. The van der Waals surface area contributed by atoms with Gasteiger partial charge >= 0.3 is 0 Å². The zero-order valence-corrected chi connectivity index (χ0v) is 9.97. The van der Waals surface area contributed by atoms with Crippen LogP contribution in [-0.2, 0) is 4.74 Å². The Bertz CT molecular complexity index is 175. The van der Waals surface area contributed by atoms with Crippen LogP contribution in [0.5, 0.6) is 0 Å². The van der Waals surface area contributed by atoms with E-state index in [9.17, 15) is 0 Å². The molecular weight excluding hydrogens is 174 g/mol. The van der Waals surface area contributed by atoms with Crippen LogP contribution in [0.4, 0.5) is 0 Å². The predicted octanol–water partition coefficient (Wildman–Crippen LogP) is 3.38. The average Bonchev–Trinajstić information content (AvgIpc) is 2.21. The van der Waals surface area contributed by atoms with Crippen molar-refractivity contribution in [3.63, 3.8) is 0 Å². The molecule has 0 aliphatic carbocycles. The van der Waals surface area contributed by atoms with Gasteiger partial charge in [-0.15, -0.1) is 0 Å². The van der Waals surface area contributed by atoms with E-state index < -0.39 is 0 Å². The van der Waals surface area contributed by atoms with E-state index >= 15 is 0 Å². The van der Waals surface area contributed by atoms with Crippen molar-refractivity contribution in [2.75, 3.05) is 13.2 Å². The Morgan fingerprint density at radius 1 is 1.29 bits per heavy atom. The minimum atomic E-state index is -0.0770. The molecule has 0 bridgehead atoms. The molecule has 2 nitrogen and oxygen atoms in total. The molecule has 1 heterocycles. The van der Waals surface area contributed by atoms with E-state index in [0.717, 1.165) is 32.5 Å². The highest BCUT2D eigenvalue weighted by Gasteiger charge is 2.32. The Hall–Kier alpha value is -0.550. The lowest BCUT2D eigenvalue weighted by Crippen LogP contribution is -2.29. The van der Waals surface area contributed by atoms with Crippen LogP contribution in [0.3, 0.4) is 0 Å². The van der Waals surface area contributed by atoms with E-state index in [1.54, 1.807) is 0 Å². The van der Waals surface area contributed by atoms with Gasteiger partial charge in [0, 0.05) is 13.2 Å². The highest BCUT2D eigenvalue weighted by molar-refractivity contribution is 5.00. The first-order valence-corrected chi connectivity index (χ1v) is 5.67. The Kier molecular flexibility index (Phi) is 6.57. The maximum atomic E-state index is 9.08. The van der Waals surface area contributed by atoms with Crippen molar-refractivity contribution in [2.24, 2.45) is 11.3 Å². The minimum absolute atomic E-state index is 0.0770. The topological polar surface area (TPSA) is 33.0 Å². The standard InChI is InChI=1S/C10H17NO.C2H6/c1-9(2)7-10(8-11)3-5-12-6-4-10;1-2/h9H,3-7H2,1-2H3;1-2H3. The van der Waals surface area contributed by atoms with Crippen molar-refractivity contribution < 1.29 is 4.74 Å². The molecule has 2 heteroatoms. The van der Waals surface area contributed by atoms with Crippen LogP contribution in [0, 0.1) is 22.7 Å². The summed E-state index contributed by atoms with van der Waals surface area (Å²) in [6.45, 7) is 9.88. The van der Waals surface area contributed by atoms with Crippen LogP contribution < -0.4 is 0 Å². The first-order chi connectivity index (χ1) is 6.68. The van der Waals surface area contributed by atoms with Crippen molar-refractivity contribution in [3.05, 3.63) is 0 Å². The number of nitrogens with zero attached hydrogens (tertiary/aromatic N) is 1. The fourth-order valence-corrected chi connectivity index (χ4v) is 1.91. The normalized spacial score (nSPS) is 19.4. The molecule has 0 amide bonds. The van der Waals surface area contributed by atoms with Gasteiger partial charge in [-0.05, 0) is 25.2 Å². The number of rotatable bonds is 2. The number of hydrogen-bond acceptors (Lipinski definition) is 2. The summed E-state index contributed by atoms with van der Waals surface area (Å²) in [6.07, 6.45) is 2.86. The van der Waals surface area contributed by atoms with Gasteiger partial charge < -0.3 is 4.74 Å². The van der Waals surface area contributed by atoms with E-state index in [4.69, 9.17) is 10.00 Å². The zero-order chi connectivity index (χ0) is 11.0. The lowest BCUT2D eigenvalue weighted by molar-refractivity contribution is 0.0319. The van der Waals surface area contributed by atoms with Crippen molar-refractivity contribution in [1.29, 1.82) is 5.26 Å². The van der Waals surface area contributed by atoms with Gasteiger partial charge in [0.2, 0.25) is 0 Å². The van der Waals surface area contributed by atoms with Crippen LogP contribution in [0.25, 0.3) is 0 Å². The molecule has 0 radical (unpaired) electrons. The van der Waals surface area contributed by atoms with E-state index in [0.29, 0.717) is 5.92 Å². The molecule has 0 spiro atoms. The highest BCUT2D eigenvalue weighted by Crippen LogP contribution is 2.35. The van der Waals surface area contributed by atoms with Crippen LogP contribution in [0.15, 0.2) is 0 Å². The predicted molar refractivity (Wildman–Crippen MR) is 58.9 cm³/mol. The first-order valence-electron chi connectivity index (χ1n) is 5.67. The maximum Gasteiger partial charge on any atom is 0.0691 e. The van der Waals surface area contributed by atoms with Crippen molar-refractivity contribution >= 4 is 0 Å². The van der Waals surface area contributed by atoms with Gasteiger partial charge in [0.15, 0.2) is 0 Å². The monoisotopic (exact) mass is 197 g/mol. The second-order valence-corrected chi connectivity index (χ2v) is 4.10. The van der Waals surface area contributed by atoms with Gasteiger partial charge in [-0.2, -0.15) is 5.26 Å². The number of nitriles is 1. The van der Waals surface area contributed by atoms with Crippen LogP contribution in [0.1, 0.15) is 47.0 Å². The molecule has 82 valence electrons. The Morgan fingerprint density at radius 2 is 1.79 bits per heavy atom. The van der Waals surface area contributed by atoms with E-state index in [1.807, 2.05) is 13.8 Å². The van der Waals surface area contributed by atoms with Crippen molar-refractivity contribution in [1.82, 2.24) is 0 Å². The summed E-state index contributed by atoms with van der Waals surface area (Å²) in [6, 6.07) is 2.47. The molecule has 1 aliphatic rings. The summed E-state index contributed by atoms with van der Waals surface area (Å²) in [4.78, 5) is 0. The van der Waals surface area contributed by atoms with E-state index in [2.05, 4.69) is 19.9 Å². The largest absolute Gasteiger partial charge is 0.381 e. The first kappa shape index (κ1) is 13.4. The van der Waals surface area contributed by atoms with E-state index in [-0.39, 0.29) is 5.41 Å². The van der Waals surface area contributed by atoms with Crippen LogP contribution >= 0.6 is 0 Å². The van der Waals surface area contributed by atoms with Gasteiger partial charge in [0.25, 0.3) is 0 Å². The third kappa shape index (κ3) is 4.11. The molecule has 14 heavy (non-hydrogen) atoms. The van der Waals surface area contributed by atoms with Gasteiger partial charge in [-0.25, -0.2) is 0 Å². The third-order valence-electron chi connectivity index (χ3n) is 2.49. The molecule has 1 saturated heterocycles. The smallest absolute Gasteiger partial charge is 0.0691 e. The van der Waals surface area contributed by atoms with Crippen LogP contribution in [0.2, 0.25) is 0 Å². The molecule has 0 aromatic rings. The van der Waals surface area contributed by atoms with Crippen LogP contribution in [-0.4, -0.2) is 13.2 Å². The van der Waals surface area contributed by atoms with Crippen molar-refractivity contribution in [3.8, 4) is 6.07 Å². The molecular formula is C12H23NO. The quantitative estimate of drug-likeness (QED) is 0.680. The molecule has 0 unspecified atom stereocenters. The van der Waals surface area contributed by atoms with Gasteiger partial charge in [0.05, 0.1) is 11.5 Å². The summed E-state index contributed by atoms with van der Waals surface area (Å²) in [7, 11) is 0. The lowest BCUT2D eigenvalue weighted by atomic mass is 9.75. The molecule has 0 saturated carbocycles. The Balaban J connectivity index is 0.000000791. The van der Waals surface area contributed by atoms with E-state index in [1.165, 1.54) is 0 Å². The fraction of sp³-hybridized carbons (Fsp3) is 0.917. The Labute approximate surface area is 88.3 Å². The number of hydrogen-bond donors (Lipinski definition) is 0. The molecule has 1 fully saturated rings. The van der Waals surface area contributed by atoms with Gasteiger partial charge in [0.1, 0.15) is 0 Å². The molecule has 1 rings (SSSR count). The molecule has 0 aromatic carbocycles. The summed E-state index contributed by atoms with van der Waals surface area (Å²) < 4.78 is 5.26. The van der Waals surface area contributed by atoms with Gasteiger partial charge in [-0.1, -0.05) is 27.7 Å². The second kappa shape index (κ2) is 6.84. The molecule has 0 N–H and O–H groups in total.